The van der Waals surface area contributed by atoms with Crippen LogP contribution in [0.4, 0.5) is 9.59 Å². The normalized spacial score (nSPS) is 22.3. The summed E-state index contributed by atoms with van der Waals surface area (Å²) in [5.41, 5.74) is 0.219. The second kappa shape index (κ2) is 6.97. The monoisotopic (exact) mass is 360 g/mol. The standard InChI is InChI=1S/C19H24N2O5/c1-19(2,3)26-18(24)21-14-9-10-20(15(14)11-16(21)22)17(23)25-12-13-7-5-4-6-8-13/h4-8,14-15H,9-12H2,1-3H3/t14-,15-/m1/s1. The largest absolute Gasteiger partial charge is 0.445 e. The summed E-state index contributed by atoms with van der Waals surface area (Å²) in [6.45, 7) is 5.90. The summed E-state index contributed by atoms with van der Waals surface area (Å²) in [4.78, 5) is 39.8. The maximum absolute atomic E-state index is 12.4. The molecule has 0 aliphatic carbocycles. The average Bonchev–Trinajstić information content (AvgIpc) is 3.09. The molecule has 3 amide bonds. The van der Waals surface area contributed by atoms with Crippen LogP contribution in [0.2, 0.25) is 0 Å². The van der Waals surface area contributed by atoms with Crippen LogP contribution < -0.4 is 0 Å². The zero-order chi connectivity index (χ0) is 18.9. The van der Waals surface area contributed by atoms with Crippen molar-refractivity contribution in [1.29, 1.82) is 0 Å². The van der Waals surface area contributed by atoms with Crippen LogP contribution in [0.1, 0.15) is 39.2 Å². The van der Waals surface area contributed by atoms with Crippen molar-refractivity contribution < 1.29 is 23.9 Å². The Morgan fingerprint density at radius 1 is 1.12 bits per heavy atom. The van der Waals surface area contributed by atoms with Gasteiger partial charge < -0.3 is 14.4 Å². The molecule has 2 fully saturated rings. The van der Waals surface area contributed by atoms with Gasteiger partial charge in [-0.25, -0.2) is 14.5 Å². The van der Waals surface area contributed by atoms with E-state index in [2.05, 4.69) is 0 Å². The van der Waals surface area contributed by atoms with E-state index in [1.165, 1.54) is 4.90 Å². The van der Waals surface area contributed by atoms with Gasteiger partial charge in [0.05, 0.1) is 12.1 Å². The van der Waals surface area contributed by atoms with Gasteiger partial charge in [0.25, 0.3) is 0 Å². The fourth-order valence-corrected chi connectivity index (χ4v) is 3.42. The van der Waals surface area contributed by atoms with Crippen molar-refractivity contribution in [2.24, 2.45) is 0 Å². The quantitative estimate of drug-likeness (QED) is 0.810. The molecule has 0 radical (unpaired) electrons. The molecule has 2 saturated heterocycles. The molecule has 0 aromatic heterocycles. The van der Waals surface area contributed by atoms with E-state index < -0.39 is 17.8 Å². The first kappa shape index (κ1) is 18.2. The number of likely N-dealkylation sites (tertiary alicyclic amines) is 2. The van der Waals surface area contributed by atoms with E-state index in [1.807, 2.05) is 30.3 Å². The lowest BCUT2D eigenvalue weighted by Crippen LogP contribution is -2.44. The number of amides is 3. The van der Waals surface area contributed by atoms with Crippen molar-refractivity contribution in [3.8, 4) is 0 Å². The molecule has 0 bridgehead atoms. The van der Waals surface area contributed by atoms with Gasteiger partial charge in [0.15, 0.2) is 0 Å². The number of fused-ring (bicyclic) bond motifs is 1. The number of hydrogen-bond donors (Lipinski definition) is 0. The number of carbonyl (C=O) groups excluding carboxylic acids is 3. The van der Waals surface area contributed by atoms with Crippen LogP contribution in [0.5, 0.6) is 0 Å². The highest BCUT2D eigenvalue weighted by Crippen LogP contribution is 2.34. The summed E-state index contributed by atoms with van der Waals surface area (Å²) in [7, 11) is 0. The van der Waals surface area contributed by atoms with Crippen LogP contribution in [-0.2, 0) is 20.9 Å². The van der Waals surface area contributed by atoms with Gasteiger partial charge in [0.1, 0.15) is 12.2 Å². The van der Waals surface area contributed by atoms with Gasteiger partial charge in [-0.1, -0.05) is 30.3 Å². The van der Waals surface area contributed by atoms with Gasteiger partial charge in [-0.05, 0) is 32.8 Å². The smallest absolute Gasteiger partial charge is 0.417 e. The van der Waals surface area contributed by atoms with Gasteiger partial charge in [-0.15, -0.1) is 0 Å². The minimum absolute atomic E-state index is 0.115. The predicted molar refractivity (Wildman–Crippen MR) is 93.2 cm³/mol. The Morgan fingerprint density at radius 3 is 2.46 bits per heavy atom. The molecule has 7 heteroatoms. The van der Waals surface area contributed by atoms with Crippen molar-refractivity contribution in [2.75, 3.05) is 6.54 Å². The van der Waals surface area contributed by atoms with E-state index in [0.717, 1.165) is 5.56 Å². The number of imide groups is 1. The van der Waals surface area contributed by atoms with Crippen LogP contribution in [-0.4, -0.2) is 52.1 Å². The van der Waals surface area contributed by atoms with E-state index in [4.69, 9.17) is 9.47 Å². The van der Waals surface area contributed by atoms with Crippen molar-refractivity contribution in [3.05, 3.63) is 35.9 Å². The molecule has 2 atom stereocenters. The molecular weight excluding hydrogens is 336 g/mol. The van der Waals surface area contributed by atoms with Gasteiger partial charge in [0.2, 0.25) is 5.91 Å². The van der Waals surface area contributed by atoms with Crippen LogP contribution in [0.25, 0.3) is 0 Å². The van der Waals surface area contributed by atoms with Gasteiger partial charge in [0, 0.05) is 13.0 Å². The first-order chi connectivity index (χ1) is 12.3. The maximum atomic E-state index is 12.4. The number of benzene rings is 1. The molecular formula is C19H24N2O5. The first-order valence-corrected chi connectivity index (χ1v) is 8.78. The summed E-state index contributed by atoms with van der Waals surface area (Å²) in [5.74, 6) is -0.310. The second-order valence-electron chi connectivity index (χ2n) is 7.61. The summed E-state index contributed by atoms with van der Waals surface area (Å²) < 4.78 is 10.7. The third-order valence-corrected chi connectivity index (χ3v) is 4.52. The number of ether oxygens (including phenoxy) is 2. The molecule has 7 nitrogen and oxygen atoms in total. The van der Waals surface area contributed by atoms with Gasteiger partial charge >= 0.3 is 12.2 Å². The number of carbonyl (C=O) groups is 3. The third-order valence-electron chi connectivity index (χ3n) is 4.52. The fourth-order valence-electron chi connectivity index (χ4n) is 3.42. The number of rotatable bonds is 2. The first-order valence-electron chi connectivity index (χ1n) is 8.78. The van der Waals surface area contributed by atoms with E-state index in [0.29, 0.717) is 13.0 Å². The second-order valence-corrected chi connectivity index (χ2v) is 7.61. The van der Waals surface area contributed by atoms with Crippen molar-refractivity contribution in [3.63, 3.8) is 0 Å². The molecule has 0 N–H and O–H groups in total. The zero-order valence-corrected chi connectivity index (χ0v) is 15.3. The average molecular weight is 360 g/mol. The van der Waals surface area contributed by atoms with Crippen molar-refractivity contribution in [2.45, 2.75) is 57.9 Å². The Hall–Kier alpha value is -2.57. The lowest BCUT2D eigenvalue weighted by Gasteiger charge is -2.27. The van der Waals surface area contributed by atoms with E-state index >= 15 is 0 Å². The SMILES string of the molecule is CC(C)(C)OC(=O)N1C(=O)C[C@@H]2[C@H]1CCN2C(=O)OCc1ccccc1. The minimum atomic E-state index is -0.678. The maximum Gasteiger partial charge on any atom is 0.417 e. The molecule has 2 heterocycles. The van der Waals surface area contributed by atoms with Crippen LogP contribution >= 0.6 is 0 Å². The van der Waals surface area contributed by atoms with Gasteiger partial charge in [-0.3, -0.25) is 4.79 Å². The van der Waals surface area contributed by atoms with E-state index in [-0.39, 0.29) is 31.0 Å². The minimum Gasteiger partial charge on any atom is -0.445 e. The highest BCUT2D eigenvalue weighted by molar-refractivity contribution is 5.95. The van der Waals surface area contributed by atoms with E-state index in [9.17, 15) is 14.4 Å². The summed E-state index contributed by atoms with van der Waals surface area (Å²) in [5, 5.41) is 0. The van der Waals surface area contributed by atoms with E-state index in [1.54, 1.807) is 25.7 Å². The molecule has 0 unspecified atom stereocenters. The molecule has 2 aliphatic heterocycles. The van der Waals surface area contributed by atoms with Gasteiger partial charge in [-0.2, -0.15) is 0 Å². The molecule has 0 spiro atoms. The molecule has 3 rings (SSSR count). The lowest BCUT2D eigenvalue weighted by atomic mass is 10.1. The molecule has 2 aliphatic rings. The van der Waals surface area contributed by atoms with Crippen molar-refractivity contribution >= 4 is 18.1 Å². The lowest BCUT2D eigenvalue weighted by molar-refractivity contribution is -0.128. The Kier molecular flexibility index (Phi) is 4.89. The molecule has 140 valence electrons. The van der Waals surface area contributed by atoms with Crippen LogP contribution in [0.3, 0.4) is 0 Å². The topological polar surface area (TPSA) is 76.2 Å². The van der Waals surface area contributed by atoms with Crippen LogP contribution in [0.15, 0.2) is 30.3 Å². The Balaban J connectivity index is 1.62. The molecule has 1 aromatic carbocycles. The summed E-state index contributed by atoms with van der Waals surface area (Å²) in [6.07, 6.45) is -0.449. The summed E-state index contributed by atoms with van der Waals surface area (Å²) in [6, 6.07) is 8.71. The van der Waals surface area contributed by atoms with Crippen molar-refractivity contribution in [1.82, 2.24) is 9.80 Å². The molecule has 0 saturated carbocycles. The highest BCUT2D eigenvalue weighted by atomic mass is 16.6. The highest BCUT2D eigenvalue weighted by Gasteiger charge is 2.52. The molecule has 26 heavy (non-hydrogen) atoms. The Morgan fingerprint density at radius 2 is 1.81 bits per heavy atom. The summed E-state index contributed by atoms with van der Waals surface area (Å²) >= 11 is 0. The zero-order valence-electron chi connectivity index (χ0n) is 15.3. The number of hydrogen-bond acceptors (Lipinski definition) is 5. The Bertz CT molecular complexity index is 698. The Labute approximate surface area is 152 Å². The number of nitrogens with zero attached hydrogens (tertiary/aromatic N) is 2. The van der Waals surface area contributed by atoms with Crippen LogP contribution in [0, 0.1) is 0 Å². The fraction of sp³-hybridized carbons (Fsp3) is 0.526. The predicted octanol–water partition coefficient (Wildman–Crippen LogP) is 2.93. The molecule has 1 aromatic rings. The third kappa shape index (κ3) is 3.81.